The van der Waals surface area contributed by atoms with Gasteiger partial charge in [0, 0.05) is 9.77 Å². The second kappa shape index (κ2) is 5.82. The van der Waals surface area contributed by atoms with Gasteiger partial charge in [0.05, 0.1) is 34.8 Å². The van der Waals surface area contributed by atoms with Crippen LogP contribution in [0.1, 0.15) is 21.2 Å². The summed E-state index contributed by atoms with van der Waals surface area (Å²) >= 11 is 2.79. The number of amides is 1. The predicted molar refractivity (Wildman–Crippen MR) is 95.0 cm³/mol. The molecular formula is C18H10N4OS2. The van der Waals surface area contributed by atoms with Crippen LogP contribution >= 0.6 is 23.1 Å². The molecule has 0 saturated heterocycles. The minimum absolute atomic E-state index is 0.0990. The number of allylic oxidation sites excluding steroid dienone is 2. The van der Waals surface area contributed by atoms with Gasteiger partial charge in [-0.2, -0.15) is 10.5 Å². The lowest BCUT2D eigenvalue weighted by molar-refractivity contribution is 0.0841. The summed E-state index contributed by atoms with van der Waals surface area (Å²) in [5.74, 6) is -0.749. The molecule has 2 aliphatic rings. The van der Waals surface area contributed by atoms with Crippen molar-refractivity contribution in [1.82, 2.24) is 4.90 Å². The number of hydrogen-bond donors (Lipinski definition) is 1. The summed E-state index contributed by atoms with van der Waals surface area (Å²) in [7, 11) is 0. The zero-order valence-corrected chi connectivity index (χ0v) is 14.4. The third-order valence-electron chi connectivity index (χ3n) is 4.12. The molecule has 2 N–H and O–H groups in total. The SMILES string of the molecule is N#CC1=C(N)N2C(=O)c3ccccc3SC2=C(C#N)[C@@H]1c1cccs1. The van der Waals surface area contributed by atoms with E-state index in [9.17, 15) is 15.3 Å². The van der Waals surface area contributed by atoms with Crippen molar-refractivity contribution in [3.63, 3.8) is 0 Å². The number of thiophene rings is 1. The van der Waals surface area contributed by atoms with E-state index in [-0.39, 0.29) is 17.3 Å². The van der Waals surface area contributed by atoms with E-state index in [1.165, 1.54) is 28.0 Å². The zero-order chi connectivity index (χ0) is 17.6. The lowest BCUT2D eigenvalue weighted by atomic mass is 9.88. The monoisotopic (exact) mass is 362 g/mol. The molecule has 5 nitrogen and oxygen atoms in total. The Morgan fingerprint density at radius 2 is 1.84 bits per heavy atom. The van der Waals surface area contributed by atoms with Gasteiger partial charge in [-0.3, -0.25) is 9.69 Å². The first-order chi connectivity index (χ1) is 12.2. The van der Waals surface area contributed by atoms with Crippen LogP contribution in [0.4, 0.5) is 0 Å². The van der Waals surface area contributed by atoms with Crippen LogP contribution in [0.15, 0.2) is 68.7 Å². The molecule has 7 heteroatoms. The summed E-state index contributed by atoms with van der Waals surface area (Å²) in [4.78, 5) is 15.9. The van der Waals surface area contributed by atoms with Gasteiger partial charge in [-0.05, 0) is 23.6 Å². The van der Waals surface area contributed by atoms with Gasteiger partial charge in [0.2, 0.25) is 0 Å². The molecule has 3 heterocycles. The van der Waals surface area contributed by atoms with Gasteiger partial charge in [0.1, 0.15) is 10.9 Å². The molecule has 1 aromatic carbocycles. The number of fused-ring (bicyclic) bond motifs is 2. The van der Waals surface area contributed by atoms with E-state index in [0.717, 1.165) is 9.77 Å². The Labute approximate surface area is 152 Å². The van der Waals surface area contributed by atoms with Crippen LogP contribution in [0.25, 0.3) is 0 Å². The van der Waals surface area contributed by atoms with Crippen LogP contribution in [0, 0.1) is 22.7 Å². The number of nitrogens with zero attached hydrogens (tertiary/aromatic N) is 3. The van der Waals surface area contributed by atoms with Crippen molar-refractivity contribution >= 4 is 29.0 Å². The first-order valence-corrected chi connectivity index (χ1v) is 9.05. The van der Waals surface area contributed by atoms with Gasteiger partial charge in [0.15, 0.2) is 0 Å². The Morgan fingerprint density at radius 1 is 1.08 bits per heavy atom. The molecule has 0 saturated carbocycles. The van der Waals surface area contributed by atoms with Crippen molar-refractivity contribution < 1.29 is 4.79 Å². The molecule has 0 aliphatic carbocycles. The second-order valence-corrected chi connectivity index (χ2v) is 7.44. The fraction of sp³-hybridized carbons (Fsp3) is 0.0556. The molecule has 1 aromatic heterocycles. The molecule has 1 amide bonds. The molecule has 1 atom stereocenters. The summed E-state index contributed by atoms with van der Waals surface area (Å²) in [6.45, 7) is 0. The molecular weight excluding hydrogens is 352 g/mol. The number of thioether (sulfide) groups is 1. The number of benzene rings is 1. The molecule has 0 unspecified atom stereocenters. The van der Waals surface area contributed by atoms with Crippen LogP contribution in [-0.4, -0.2) is 10.8 Å². The lowest BCUT2D eigenvalue weighted by Crippen LogP contribution is -2.40. The van der Waals surface area contributed by atoms with Gasteiger partial charge < -0.3 is 5.73 Å². The van der Waals surface area contributed by atoms with Crippen LogP contribution < -0.4 is 5.73 Å². The number of rotatable bonds is 1. The number of nitrogens with two attached hydrogens (primary N) is 1. The molecule has 25 heavy (non-hydrogen) atoms. The third kappa shape index (κ3) is 2.18. The number of nitriles is 2. The average Bonchev–Trinajstić information content (AvgIpc) is 3.15. The maximum atomic E-state index is 12.9. The van der Waals surface area contributed by atoms with E-state index in [1.54, 1.807) is 12.1 Å². The van der Waals surface area contributed by atoms with Gasteiger partial charge in [-0.1, -0.05) is 30.0 Å². The standard InChI is InChI=1S/C18H10N4OS2/c19-8-11-15(14-6-3-7-24-14)12(9-20)18-22(16(11)21)17(23)10-4-1-2-5-13(10)25-18/h1-7,15H,21H2/t15-/m1/s1. The highest BCUT2D eigenvalue weighted by Gasteiger charge is 2.42. The maximum absolute atomic E-state index is 12.9. The Hall–Kier alpha value is -3.00. The maximum Gasteiger partial charge on any atom is 0.265 e. The highest BCUT2D eigenvalue weighted by molar-refractivity contribution is 8.03. The topological polar surface area (TPSA) is 93.9 Å². The smallest absolute Gasteiger partial charge is 0.265 e. The third-order valence-corrected chi connectivity index (χ3v) is 6.23. The van der Waals surface area contributed by atoms with Crippen molar-refractivity contribution in [2.24, 2.45) is 5.73 Å². The van der Waals surface area contributed by atoms with E-state index in [2.05, 4.69) is 12.1 Å². The first-order valence-electron chi connectivity index (χ1n) is 7.36. The Balaban J connectivity index is 2.00. The fourth-order valence-electron chi connectivity index (χ4n) is 3.00. The molecule has 2 aliphatic heterocycles. The summed E-state index contributed by atoms with van der Waals surface area (Å²) in [5, 5.41) is 21.8. The summed E-state index contributed by atoms with van der Waals surface area (Å²) in [5.41, 5.74) is 7.34. The molecule has 0 spiro atoms. The Morgan fingerprint density at radius 3 is 2.52 bits per heavy atom. The van der Waals surface area contributed by atoms with E-state index in [1.807, 2.05) is 29.6 Å². The molecule has 2 aromatic rings. The average molecular weight is 362 g/mol. The van der Waals surface area contributed by atoms with Crippen LogP contribution in [0.2, 0.25) is 0 Å². The fourth-order valence-corrected chi connectivity index (χ4v) is 5.01. The van der Waals surface area contributed by atoms with Crippen LogP contribution in [0.3, 0.4) is 0 Å². The second-order valence-electron chi connectivity index (χ2n) is 5.43. The van der Waals surface area contributed by atoms with Crippen LogP contribution in [0.5, 0.6) is 0 Å². The quantitative estimate of drug-likeness (QED) is 0.837. The Bertz CT molecular complexity index is 1040. The van der Waals surface area contributed by atoms with E-state index in [0.29, 0.717) is 16.2 Å². The molecule has 0 bridgehead atoms. The highest BCUT2D eigenvalue weighted by atomic mass is 32.2. The largest absolute Gasteiger partial charge is 0.384 e. The van der Waals surface area contributed by atoms with Gasteiger partial charge >= 0.3 is 0 Å². The minimum atomic E-state index is -0.535. The van der Waals surface area contributed by atoms with E-state index >= 15 is 0 Å². The van der Waals surface area contributed by atoms with Crippen molar-refractivity contribution in [1.29, 1.82) is 10.5 Å². The van der Waals surface area contributed by atoms with Gasteiger partial charge in [-0.15, -0.1) is 11.3 Å². The molecule has 0 radical (unpaired) electrons. The zero-order valence-electron chi connectivity index (χ0n) is 12.8. The summed E-state index contributed by atoms with van der Waals surface area (Å²) in [6.07, 6.45) is 0. The molecule has 0 fully saturated rings. The summed E-state index contributed by atoms with van der Waals surface area (Å²) < 4.78 is 0. The van der Waals surface area contributed by atoms with Crippen LogP contribution in [-0.2, 0) is 0 Å². The molecule has 120 valence electrons. The van der Waals surface area contributed by atoms with Crippen molar-refractivity contribution in [3.8, 4) is 12.1 Å². The number of carbonyl (C=O) groups is 1. The van der Waals surface area contributed by atoms with E-state index in [4.69, 9.17) is 5.73 Å². The van der Waals surface area contributed by atoms with Crippen molar-refractivity contribution in [3.05, 3.63) is 74.2 Å². The Kier molecular flexibility index (Phi) is 3.61. The number of hydrogen-bond acceptors (Lipinski definition) is 6. The predicted octanol–water partition coefficient (Wildman–Crippen LogP) is 3.52. The normalized spacial score (nSPS) is 19.2. The molecule has 4 rings (SSSR count). The minimum Gasteiger partial charge on any atom is -0.384 e. The van der Waals surface area contributed by atoms with E-state index < -0.39 is 5.92 Å². The highest BCUT2D eigenvalue weighted by Crippen LogP contribution is 2.49. The van der Waals surface area contributed by atoms with Crippen molar-refractivity contribution in [2.75, 3.05) is 0 Å². The lowest BCUT2D eigenvalue weighted by Gasteiger charge is -2.36. The van der Waals surface area contributed by atoms with Gasteiger partial charge in [0.25, 0.3) is 5.91 Å². The summed E-state index contributed by atoms with van der Waals surface area (Å²) in [6, 6.07) is 15.2. The number of carbonyl (C=O) groups excluding carboxylic acids is 1. The van der Waals surface area contributed by atoms with Crippen molar-refractivity contribution in [2.45, 2.75) is 10.8 Å². The first kappa shape index (κ1) is 15.5. The van der Waals surface area contributed by atoms with Gasteiger partial charge in [-0.25, -0.2) is 0 Å².